The number of amides is 1. The number of aromatic nitrogens is 2. The van der Waals surface area contributed by atoms with Gasteiger partial charge in [0, 0.05) is 26.7 Å². The monoisotopic (exact) mass is 388 g/mol. The van der Waals surface area contributed by atoms with E-state index in [9.17, 15) is 9.90 Å². The summed E-state index contributed by atoms with van der Waals surface area (Å²) in [6.07, 6.45) is 4.39. The highest BCUT2D eigenvalue weighted by atomic mass is 16.6. The smallest absolute Gasteiger partial charge is 0.290 e. The van der Waals surface area contributed by atoms with Gasteiger partial charge in [0.1, 0.15) is 11.7 Å². The SMILES string of the molecule is COc1ccccc1CCN1CCCC(CN(C)C(=O)C[n+]2cc([O-])on2)C1. The number of hydrogen-bond donors (Lipinski definition) is 0. The van der Waals surface area contributed by atoms with E-state index < -0.39 is 5.95 Å². The minimum atomic E-state index is -0.548. The van der Waals surface area contributed by atoms with Gasteiger partial charge >= 0.3 is 0 Å². The summed E-state index contributed by atoms with van der Waals surface area (Å²) < 4.78 is 11.1. The number of carbonyl (C=O) groups excluding carboxylic acids is 1. The molecule has 2 heterocycles. The molecule has 1 atom stereocenters. The van der Waals surface area contributed by atoms with Gasteiger partial charge in [-0.25, -0.2) is 0 Å². The van der Waals surface area contributed by atoms with Crippen LogP contribution < -0.4 is 14.5 Å². The predicted octanol–water partition coefficient (Wildman–Crippen LogP) is 0.457. The number of methoxy groups -OCH3 is 1. The van der Waals surface area contributed by atoms with E-state index in [4.69, 9.17) is 4.74 Å². The molecular weight excluding hydrogens is 360 g/mol. The van der Waals surface area contributed by atoms with Crippen molar-refractivity contribution in [2.75, 3.05) is 40.3 Å². The fraction of sp³-hybridized carbons (Fsp3) is 0.550. The number of nitrogens with zero attached hydrogens (tertiary/aromatic N) is 4. The molecule has 152 valence electrons. The van der Waals surface area contributed by atoms with Crippen LogP contribution in [0.3, 0.4) is 0 Å². The van der Waals surface area contributed by atoms with Crippen LogP contribution in [0.15, 0.2) is 35.0 Å². The molecule has 0 radical (unpaired) electrons. The zero-order valence-electron chi connectivity index (χ0n) is 16.5. The third-order valence-electron chi connectivity index (χ3n) is 5.24. The average molecular weight is 388 g/mol. The molecular formula is C20H28N4O4. The van der Waals surface area contributed by atoms with Crippen LogP contribution in [0.4, 0.5) is 0 Å². The van der Waals surface area contributed by atoms with Crippen LogP contribution in [-0.2, 0) is 17.8 Å². The number of piperidine rings is 1. The molecule has 1 amide bonds. The van der Waals surface area contributed by atoms with Crippen molar-refractivity contribution in [1.82, 2.24) is 15.1 Å². The second kappa shape index (κ2) is 9.54. The van der Waals surface area contributed by atoms with E-state index in [0.717, 1.165) is 44.6 Å². The molecule has 1 aliphatic rings. The number of ether oxygens (including phenoxy) is 1. The molecule has 0 spiro atoms. The first-order valence-electron chi connectivity index (χ1n) is 9.67. The Morgan fingerprint density at radius 1 is 1.46 bits per heavy atom. The van der Waals surface area contributed by atoms with Gasteiger partial charge < -0.3 is 24.2 Å². The van der Waals surface area contributed by atoms with Crippen LogP contribution in [0.5, 0.6) is 11.7 Å². The van der Waals surface area contributed by atoms with Crippen molar-refractivity contribution in [3.8, 4) is 11.7 Å². The van der Waals surface area contributed by atoms with E-state index in [1.54, 1.807) is 19.1 Å². The van der Waals surface area contributed by atoms with Crippen LogP contribution >= 0.6 is 0 Å². The molecule has 8 heteroatoms. The van der Waals surface area contributed by atoms with Gasteiger partial charge in [-0.05, 0) is 43.4 Å². The van der Waals surface area contributed by atoms with Gasteiger partial charge in [-0.3, -0.25) is 4.79 Å². The quantitative estimate of drug-likeness (QED) is 0.611. The lowest BCUT2D eigenvalue weighted by Crippen LogP contribution is -2.47. The Morgan fingerprint density at radius 3 is 3.04 bits per heavy atom. The fourth-order valence-corrected chi connectivity index (χ4v) is 3.78. The number of para-hydroxylation sites is 1. The van der Waals surface area contributed by atoms with Crippen LogP contribution in [-0.4, -0.2) is 61.3 Å². The summed E-state index contributed by atoms with van der Waals surface area (Å²) in [5, 5.41) is 14.5. The first kappa shape index (κ1) is 20.1. The zero-order valence-corrected chi connectivity index (χ0v) is 16.5. The number of carbonyl (C=O) groups is 1. The second-order valence-corrected chi connectivity index (χ2v) is 7.36. The van der Waals surface area contributed by atoms with Crippen molar-refractivity contribution in [3.05, 3.63) is 36.0 Å². The van der Waals surface area contributed by atoms with Crippen LogP contribution in [0, 0.1) is 5.92 Å². The van der Waals surface area contributed by atoms with Crippen LogP contribution in [0.25, 0.3) is 0 Å². The average Bonchev–Trinajstić information content (AvgIpc) is 3.11. The zero-order chi connectivity index (χ0) is 19.9. The maximum Gasteiger partial charge on any atom is 0.290 e. The van der Waals surface area contributed by atoms with E-state index in [1.165, 1.54) is 16.4 Å². The topological polar surface area (TPSA) is 85.8 Å². The first-order valence-corrected chi connectivity index (χ1v) is 9.67. The fourth-order valence-electron chi connectivity index (χ4n) is 3.78. The van der Waals surface area contributed by atoms with Crippen molar-refractivity contribution < 1.29 is 23.8 Å². The minimum absolute atomic E-state index is 0.0203. The van der Waals surface area contributed by atoms with E-state index in [0.29, 0.717) is 12.5 Å². The highest BCUT2D eigenvalue weighted by Crippen LogP contribution is 2.21. The summed E-state index contributed by atoms with van der Waals surface area (Å²) >= 11 is 0. The Morgan fingerprint density at radius 2 is 2.29 bits per heavy atom. The summed E-state index contributed by atoms with van der Waals surface area (Å²) in [5.41, 5.74) is 1.22. The second-order valence-electron chi connectivity index (χ2n) is 7.36. The molecule has 3 rings (SSSR count). The minimum Gasteiger partial charge on any atom is -0.539 e. The molecule has 1 aliphatic heterocycles. The van der Waals surface area contributed by atoms with Gasteiger partial charge in [-0.1, -0.05) is 22.9 Å². The van der Waals surface area contributed by atoms with Crippen molar-refractivity contribution >= 4 is 5.91 Å². The standard InChI is InChI=1S/C20H28N4O4/c1-22(19(25)14-24-15-20(26)28-21-24)12-16-6-5-10-23(13-16)11-9-17-7-3-4-8-18(17)27-2/h3-4,7-8,15-16H,5-6,9-14H2,1-2H3. The number of hydrogen-bond acceptors (Lipinski definition) is 6. The molecule has 1 unspecified atom stereocenters. The number of benzene rings is 1. The largest absolute Gasteiger partial charge is 0.539 e. The first-order chi connectivity index (χ1) is 13.5. The Balaban J connectivity index is 1.46. The summed E-state index contributed by atoms with van der Waals surface area (Å²) in [6.45, 7) is 3.77. The molecule has 1 saturated heterocycles. The molecule has 0 aliphatic carbocycles. The van der Waals surface area contributed by atoms with Crippen molar-refractivity contribution in [2.24, 2.45) is 5.92 Å². The lowest BCUT2D eigenvalue weighted by atomic mass is 9.97. The molecule has 1 aromatic heterocycles. The number of likely N-dealkylation sites (tertiary alicyclic amines) is 1. The summed E-state index contributed by atoms with van der Waals surface area (Å²) in [7, 11) is 3.51. The maximum absolute atomic E-state index is 12.4. The van der Waals surface area contributed by atoms with Gasteiger partial charge in [-0.2, -0.15) is 0 Å². The summed E-state index contributed by atoms with van der Waals surface area (Å²) in [6, 6.07) is 8.14. The lowest BCUT2D eigenvalue weighted by Gasteiger charge is -2.34. The van der Waals surface area contributed by atoms with Crippen LogP contribution in [0.2, 0.25) is 0 Å². The van der Waals surface area contributed by atoms with E-state index in [1.807, 2.05) is 18.2 Å². The van der Waals surface area contributed by atoms with Gasteiger partial charge in [0.25, 0.3) is 12.5 Å². The molecule has 28 heavy (non-hydrogen) atoms. The Labute approximate surface area is 165 Å². The van der Waals surface area contributed by atoms with E-state index in [2.05, 4.69) is 20.8 Å². The third kappa shape index (κ3) is 5.45. The molecule has 0 bridgehead atoms. The van der Waals surface area contributed by atoms with Crippen molar-refractivity contribution in [3.63, 3.8) is 0 Å². The molecule has 0 N–H and O–H groups in total. The molecule has 2 aromatic rings. The van der Waals surface area contributed by atoms with Gasteiger partial charge in [0.15, 0.2) is 0 Å². The van der Waals surface area contributed by atoms with Crippen LogP contribution in [0.1, 0.15) is 18.4 Å². The van der Waals surface area contributed by atoms with E-state index in [-0.39, 0.29) is 12.5 Å². The molecule has 0 saturated carbocycles. The summed E-state index contributed by atoms with van der Waals surface area (Å²) in [4.78, 5) is 16.5. The Bertz CT molecular complexity index is 779. The maximum atomic E-state index is 12.4. The lowest BCUT2D eigenvalue weighted by molar-refractivity contribution is -0.751. The Hall–Kier alpha value is -2.61. The van der Waals surface area contributed by atoms with Gasteiger partial charge in [0.05, 0.1) is 12.4 Å². The predicted molar refractivity (Wildman–Crippen MR) is 99.6 cm³/mol. The molecule has 1 fully saturated rings. The van der Waals surface area contributed by atoms with Gasteiger partial charge in [0.2, 0.25) is 6.20 Å². The van der Waals surface area contributed by atoms with E-state index >= 15 is 0 Å². The summed E-state index contributed by atoms with van der Waals surface area (Å²) in [5.74, 6) is 0.753. The molecule has 1 aromatic carbocycles. The van der Waals surface area contributed by atoms with Crippen molar-refractivity contribution in [1.29, 1.82) is 0 Å². The highest BCUT2D eigenvalue weighted by Gasteiger charge is 2.24. The number of likely N-dealkylation sites (N-methyl/N-ethyl adjacent to an activating group) is 1. The highest BCUT2D eigenvalue weighted by molar-refractivity contribution is 5.74. The van der Waals surface area contributed by atoms with Crippen molar-refractivity contribution in [2.45, 2.75) is 25.8 Å². The Kier molecular flexibility index (Phi) is 6.86. The van der Waals surface area contributed by atoms with Gasteiger partial charge in [-0.15, -0.1) is 0 Å². The third-order valence-corrected chi connectivity index (χ3v) is 5.24. The normalized spacial score (nSPS) is 17.4. The number of rotatable bonds is 8. The molecule has 8 nitrogen and oxygen atoms in total.